The van der Waals surface area contributed by atoms with Crippen LogP contribution in [-0.4, -0.2) is 11.4 Å². The van der Waals surface area contributed by atoms with Gasteiger partial charge in [-0.2, -0.15) is 0 Å². The third kappa shape index (κ3) is 0.679. The van der Waals surface area contributed by atoms with Crippen molar-refractivity contribution in [2.75, 3.05) is 0 Å². The molecule has 0 bridgehead atoms. The summed E-state index contributed by atoms with van der Waals surface area (Å²) in [6.07, 6.45) is 0. The number of aliphatic imine (C=N–C) groups is 2. The summed E-state index contributed by atoms with van der Waals surface area (Å²) >= 11 is 3.44. The first-order valence-corrected chi connectivity index (χ1v) is 6.03. The largest absolute Gasteiger partial charge is 0.244 e. The lowest BCUT2D eigenvalue weighted by molar-refractivity contribution is 1.58. The lowest BCUT2D eigenvalue weighted by atomic mass is 10.2. The Morgan fingerprint density at radius 1 is 0.786 bits per heavy atom. The molecule has 2 aromatic heterocycles. The highest BCUT2D eigenvalue weighted by atomic mass is 32.1. The highest BCUT2D eigenvalue weighted by Crippen LogP contribution is 2.42. The Morgan fingerprint density at radius 2 is 1.29 bits per heavy atom. The summed E-state index contributed by atoms with van der Waals surface area (Å²) in [6.45, 7) is 0. The first-order chi connectivity index (χ1) is 6.93. The predicted molar refractivity (Wildman–Crippen MR) is 61.0 cm³/mol. The van der Waals surface area contributed by atoms with E-state index in [9.17, 15) is 0 Å². The molecule has 0 fully saturated rings. The SMILES string of the molecule is c1cc2c(s1)C1=Nc3ccsc3C1=N2. The van der Waals surface area contributed by atoms with Crippen LogP contribution in [-0.2, 0) is 0 Å². The molecule has 2 aromatic rings. The Hall–Kier alpha value is -1.26. The van der Waals surface area contributed by atoms with Crippen LogP contribution < -0.4 is 0 Å². The molecule has 4 rings (SSSR count). The van der Waals surface area contributed by atoms with Gasteiger partial charge in [0.1, 0.15) is 11.4 Å². The molecule has 0 atom stereocenters. The maximum absolute atomic E-state index is 4.59. The van der Waals surface area contributed by atoms with Crippen LogP contribution in [0.2, 0.25) is 0 Å². The Morgan fingerprint density at radius 3 is 1.79 bits per heavy atom. The topological polar surface area (TPSA) is 24.7 Å². The molecule has 0 saturated heterocycles. The number of hydrogen-bond donors (Lipinski definition) is 0. The van der Waals surface area contributed by atoms with E-state index in [-0.39, 0.29) is 0 Å². The van der Waals surface area contributed by atoms with Gasteiger partial charge in [0.2, 0.25) is 0 Å². The molecule has 0 aliphatic carbocycles. The molecule has 0 aromatic carbocycles. The van der Waals surface area contributed by atoms with Gasteiger partial charge in [-0.1, -0.05) is 0 Å². The van der Waals surface area contributed by atoms with Gasteiger partial charge in [-0.05, 0) is 22.9 Å². The van der Waals surface area contributed by atoms with Gasteiger partial charge in [-0.25, -0.2) is 9.98 Å². The van der Waals surface area contributed by atoms with E-state index >= 15 is 0 Å². The average Bonchev–Trinajstić information content (AvgIpc) is 2.80. The average molecular weight is 216 g/mol. The first kappa shape index (κ1) is 7.09. The summed E-state index contributed by atoms with van der Waals surface area (Å²) in [7, 11) is 0. The van der Waals surface area contributed by atoms with Crippen LogP contribution in [0.25, 0.3) is 0 Å². The van der Waals surface area contributed by atoms with Crippen LogP contribution in [0.15, 0.2) is 32.9 Å². The van der Waals surface area contributed by atoms with Gasteiger partial charge in [-0.3, -0.25) is 0 Å². The van der Waals surface area contributed by atoms with Crippen LogP contribution in [0.1, 0.15) is 9.75 Å². The third-order valence-corrected chi connectivity index (χ3v) is 4.23. The highest BCUT2D eigenvalue weighted by molar-refractivity contribution is 7.17. The molecule has 0 spiro atoms. The normalized spacial score (nSPS) is 16.0. The van der Waals surface area contributed by atoms with Crippen molar-refractivity contribution >= 4 is 45.5 Å². The molecule has 0 N–H and O–H groups in total. The summed E-state index contributed by atoms with van der Waals surface area (Å²) < 4.78 is 0. The van der Waals surface area contributed by atoms with Crippen molar-refractivity contribution in [2.45, 2.75) is 0 Å². The van der Waals surface area contributed by atoms with Crippen LogP contribution in [0.4, 0.5) is 11.4 Å². The van der Waals surface area contributed by atoms with Gasteiger partial charge in [0.15, 0.2) is 0 Å². The molecule has 0 radical (unpaired) electrons. The quantitative estimate of drug-likeness (QED) is 0.645. The molecule has 4 heterocycles. The summed E-state index contributed by atoms with van der Waals surface area (Å²) in [6, 6.07) is 4.11. The Balaban J connectivity index is 2.09. The number of fused-ring (bicyclic) bond motifs is 5. The van der Waals surface area contributed by atoms with Crippen molar-refractivity contribution in [1.29, 1.82) is 0 Å². The fourth-order valence-corrected chi connectivity index (χ4v) is 3.44. The molecule has 0 saturated carbocycles. The van der Waals surface area contributed by atoms with Gasteiger partial charge in [0, 0.05) is 0 Å². The second kappa shape index (κ2) is 2.21. The fourth-order valence-electron chi connectivity index (χ4n) is 1.80. The van der Waals surface area contributed by atoms with Crippen LogP contribution in [0.5, 0.6) is 0 Å². The number of nitrogens with zero attached hydrogens (tertiary/aromatic N) is 2. The number of thiophene rings is 2. The van der Waals surface area contributed by atoms with Crippen molar-refractivity contribution in [2.24, 2.45) is 9.98 Å². The minimum atomic E-state index is 1.08. The summed E-state index contributed by atoms with van der Waals surface area (Å²) in [4.78, 5) is 11.6. The van der Waals surface area contributed by atoms with E-state index < -0.39 is 0 Å². The second-order valence-corrected chi connectivity index (χ2v) is 5.02. The second-order valence-electron chi connectivity index (χ2n) is 3.19. The standard InChI is InChI=1S/C10H4N2S2/c1-3-13-9-5(1)11-8-7(9)12-6-2-4-14-10(6)8/h1-4H. The van der Waals surface area contributed by atoms with Crippen molar-refractivity contribution in [1.82, 2.24) is 0 Å². The molecular weight excluding hydrogens is 212 g/mol. The fraction of sp³-hybridized carbons (Fsp3) is 0. The zero-order valence-electron chi connectivity index (χ0n) is 7.02. The van der Waals surface area contributed by atoms with Gasteiger partial charge in [0.05, 0.1) is 21.1 Å². The molecule has 2 nitrogen and oxygen atoms in total. The van der Waals surface area contributed by atoms with Crippen LogP contribution >= 0.6 is 22.7 Å². The van der Waals surface area contributed by atoms with E-state index in [1.54, 1.807) is 22.7 Å². The minimum absolute atomic E-state index is 1.08. The number of hydrogen-bond acceptors (Lipinski definition) is 4. The molecule has 2 aliphatic heterocycles. The third-order valence-electron chi connectivity index (χ3n) is 2.41. The summed E-state index contributed by atoms with van der Waals surface area (Å²) in [5.41, 5.74) is 4.33. The highest BCUT2D eigenvalue weighted by Gasteiger charge is 2.31. The van der Waals surface area contributed by atoms with E-state index in [0.717, 1.165) is 22.8 Å². The first-order valence-electron chi connectivity index (χ1n) is 4.27. The van der Waals surface area contributed by atoms with E-state index in [0.29, 0.717) is 0 Å². The lowest BCUT2D eigenvalue weighted by Crippen LogP contribution is -2.04. The molecular formula is C10H4N2S2. The smallest absolute Gasteiger partial charge is 0.110 e. The Bertz CT molecular complexity index is 547. The van der Waals surface area contributed by atoms with Gasteiger partial charge < -0.3 is 0 Å². The summed E-state index contributed by atoms with van der Waals surface area (Å²) in [5, 5.41) is 4.14. The van der Waals surface area contributed by atoms with E-state index in [1.807, 2.05) is 0 Å². The van der Waals surface area contributed by atoms with Crippen LogP contribution in [0.3, 0.4) is 0 Å². The van der Waals surface area contributed by atoms with E-state index in [1.165, 1.54) is 9.75 Å². The predicted octanol–water partition coefficient (Wildman–Crippen LogP) is 3.38. The minimum Gasteiger partial charge on any atom is -0.244 e. The maximum Gasteiger partial charge on any atom is 0.110 e. The van der Waals surface area contributed by atoms with Gasteiger partial charge in [-0.15, -0.1) is 22.7 Å². The zero-order chi connectivity index (χ0) is 9.12. The van der Waals surface area contributed by atoms with E-state index in [2.05, 4.69) is 32.9 Å². The van der Waals surface area contributed by atoms with Crippen molar-refractivity contribution in [3.05, 3.63) is 32.6 Å². The van der Waals surface area contributed by atoms with Crippen molar-refractivity contribution < 1.29 is 0 Å². The van der Waals surface area contributed by atoms with Crippen LogP contribution in [0, 0.1) is 0 Å². The maximum atomic E-state index is 4.59. The van der Waals surface area contributed by atoms with Gasteiger partial charge >= 0.3 is 0 Å². The van der Waals surface area contributed by atoms with Crippen molar-refractivity contribution in [3.63, 3.8) is 0 Å². The number of rotatable bonds is 0. The Kier molecular flexibility index (Phi) is 1.12. The summed E-state index contributed by atoms with van der Waals surface area (Å²) in [5.74, 6) is 0. The Labute approximate surface area is 88.3 Å². The molecule has 0 amide bonds. The lowest BCUT2D eigenvalue weighted by Gasteiger charge is -1.88. The molecule has 0 unspecified atom stereocenters. The zero-order valence-corrected chi connectivity index (χ0v) is 8.65. The van der Waals surface area contributed by atoms with Crippen molar-refractivity contribution in [3.8, 4) is 0 Å². The molecule has 4 heteroatoms. The molecule has 2 aliphatic rings. The monoisotopic (exact) mass is 216 g/mol. The van der Waals surface area contributed by atoms with E-state index in [4.69, 9.17) is 0 Å². The molecule has 14 heavy (non-hydrogen) atoms. The molecule has 66 valence electrons. The van der Waals surface area contributed by atoms with Gasteiger partial charge in [0.25, 0.3) is 0 Å².